The molecular formula is C16H14IN3. The lowest BCUT2D eigenvalue weighted by atomic mass is 10.1. The highest BCUT2D eigenvalue weighted by Crippen LogP contribution is 2.29. The predicted octanol–water partition coefficient (Wildman–Crippen LogP) is 4.47. The van der Waals surface area contributed by atoms with Gasteiger partial charge in [0.05, 0.1) is 22.6 Å². The number of fused-ring (bicyclic) bond motifs is 1. The number of aromatic nitrogens is 1. The average Bonchev–Trinajstić information content (AvgIpc) is 2.42. The fourth-order valence-electron chi connectivity index (χ4n) is 2.14. The summed E-state index contributed by atoms with van der Waals surface area (Å²) in [6.45, 7) is 2.00. The number of rotatable bonds is 2. The van der Waals surface area contributed by atoms with E-state index < -0.39 is 0 Å². The summed E-state index contributed by atoms with van der Waals surface area (Å²) in [6.07, 6.45) is 0. The molecule has 0 aliphatic carbocycles. The average molecular weight is 375 g/mol. The topological polar surface area (TPSA) is 50.9 Å². The SMILES string of the molecule is Cc1ccc2cccc(Nc3ccc(I)cc3N)c2n1. The first kappa shape index (κ1) is 13.2. The summed E-state index contributed by atoms with van der Waals surface area (Å²) >= 11 is 2.25. The zero-order chi connectivity index (χ0) is 14.1. The lowest BCUT2D eigenvalue weighted by molar-refractivity contribution is 1.25. The van der Waals surface area contributed by atoms with Crippen molar-refractivity contribution in [3.63, 3.8) is 0 Å². The van der Waals surface area contributed by atoms with E-state index in [-0.39, 0.29) is 0 Å². The zero-order valence-corrected chi connectivity index (χ0v) is 13.2. The molecule has 100 valence electrons. The first-order chi connectivity index (χ1) is 9.63. The van der Waals surface area contributed by atoms with E-state index >= 15 is 0 Å². The molecule has 3 aromatic rings. The summed E-state index contributed by atoms with van der Waals surface area (Å²) in [5.41, 5.74) is 10.6. The van der Waals surface area contributed by atoms with Gasteiger partial charge in [0.1, 0.15) is 0 Å². The maximum atomic E-state index is 6.06. The maximum absolute atomic E-state index is 6.06. The maximum Gasteiger partial charge on any atom is 0.0939 e. The molecule has 0 fully saturated rings. The fourth-order valence-corrected chi connectivity index (χ4v) is 2.65. The van der Waals surface area contributed by atoms with Gasteiger partial charge in [-0.15, -0.1) is 0 Å². The molecule has 1 heterocycles. The van der Waals surface area contributed by atoms with Crippen LogP contribution >= 0.6 is 22.6 Å². The molecule has 0 amide bonds. The van der Waals surface area contributed by atoms with Crippen LogP contribution in [-0.2, 0) is 0 Å². The Morgan fingerprint density at radius 2 is 1.90 bits per heavy atom. The van der Waals surface area contributed by atoms with Gasteiger partial charge in [-0.2, -0.15) is 0 Å². The molecule has 3 N–H and O–H groups in total. The van der Waals surface area contributed by atoms with Crippen LogP contribution in [-0.4, -0.2) is 4.98 Å². The Bertz CT molecular complexity index is 784. The van der Waals surface area contributed by atoms with Crippen LogP contribution in [0.2, 0.25) is 0 Å². The second-order valence-corrected chi connectivity index (χ2v) is 5.93. The number of hydrogen-bond acceptors (Lipinski definition) is 3. The molecule has 0 atom stereocenters. The van der Waals surface area contributed by atoms with Gasteiger partial charge in [0, 0.05) is 14.7 Å². The predicted molar refractivity (Wildman–Crippen MR) is 93.3 cm³/mol. The van der Waals surface area contributed by atoms with Crippen LogP contribution in [0.5, 0.6) is 0 Å². The Balaban J connectivity index is 2.08. The third-order valence-corrected chi connectivity index (χ3v) is 3.81. The van der Waals surface area contributed by atoms with Crippen LogP contribution in [0.3, 0.4) is 0 Å². The molecule has 3 nitrogen and oxygen atoms in total. The number of nitrogen functional groups attached to an aromatic ring is 1. The summed E-state index contributed by atoms with van der Waals surface area (Å²) in [6, 6.07) is 16.2. The minimum absolute atomic E-state index is 0.738. The molecule has 0 aliphatic heterocycles. The van der Waals surface area contributed by atoms with E-state index in [4.69, 9.17) is 5.73 Å². The second-order valence-electron chi connectivity index (χ2n) is 4.69. The van der Waals surface area contributed by atoms with E-state index in [9.17, 15) is 0 Å². The van der Waals surface area contributed by atoms with Crippen molar-refractivity contribution in [1.29, 1.82) is 0 Å². The summed E-state index contributed by atoms with van der Waals surface area (Å²) in [5, 5.41) is 4.49. The first-order valence-electron chi connectivity index (χ1n) is 6.32. The molecule has 20 heavy (non-hydrogen) atoms. The van der Waals surface area contributed by atoms with Gasteiger partial charge in [-0.3, -0.25) is 4.98 Å². The van der Waals surface area contributed by atoms with Crippen LogP contribution in [0.1, 0.15) is 5.69 Å². The van der Waals surface area contributed by atoms with E-state index in [1.165, 1.54) is 0 Å². The van der Waals surface area contributed by atoms with Gasteiger partial charge in [-0.05, 0) is 59.8 Å². The van der Waals surface area contributed by atoms with Crippen molar-refractivity contribution in [3.8, 4) is 0 Å². The molecule has 0 unspecified atom stereocenters. The molecular weight excluding hydrogens is 361 g/mol. The number of para-hydroxylation sites is 1. The highest BCUT2D eigenvalue weighted by atomic mass is 127. The Labute approximate surface area is 131 Å². The number of halogens is 1. The minimum atomic E-state index is 0.738. The Morgan fingerprint density at radius 3 is 2.70 bits per heavy atom. The third-order valence-electron chi connectivity index (χ3n) is 3.14. The van der Waals surface area contributed by atoms with Gasteiger partial charge >= 0.3 is 0 Å². The number of benzene rings is 2. The highest BCUT2D eigenvalue weighted by molar-refractivity contribution is 14.1. The summed E-state index contributed by atoms with van der Waals surface area (Å²) in [5.74, 6) is 0. The smallest absolute Gasteiger partial charge is 0.0939 e. The Morgan fingerprint density at radius 1 is 1.05 bits per heavy atom. The van der Waals surface area contributed by atoms with Crippen molar-refractivity contribution in [1.82, 2.24) is 4.98 Å². The summed E-state index contributed by atoms with van der Waals surface area (Å²) in [7, 11) is 0. The molecule has 1 aromatic heterocycles. The van der Waals surface area contributed by atoms with Crippen LogP contribution < -0.4 is 11.1 Å². The lowest BCUT2D eigenvalue weighted by Crippen LogP contribution is -1.98. The molecule has 3 rings (SSSR count). The van der Waals surface area contributed by atoms with E-state index in [0.29, 0.717) is 0 Å². The number of anilines is 3. The molecule has 0 radical (unpaired) electrons. The van der Waals surface area contributed by atoms with Crippen LogP contribution in [0.4, 0.5) is 17.1 Å². The van der Waals surface area contributed by atoms with Crippen molar-refractivity contribution < 1.29 is 0 Å². The van der Waals surface area contributed by atoms with Gasteiger partial charge in [-0.25, -0.2) is 0 Å². The van der Waals surface area contributed by atoms with Crippen molar-refractivity contribution in [2.45, 2.75) is 6.92 Å². The standard InChI is InChI=1S/C16H14IN3/c1-10-5-6-11-3-2-4-15(16(11)19-10)20-14-8-7-12(17)9-13(14)18/h2-9,20H,18H2,1H3. The molecule has 4 heteroatoms. The molecule has 2 aromatic carbocycles. The van der Waals surface area contributed by atoms with Crippen molar-refractivity contribution in [2.24, 2.45) is 0 Å². The first-order valence-corrected chi connectivity index (χ1v) is 7.40. The fraction of sp³-hybridized carbons (Fsp3) is 0.0625. The number of nitrogens with zero attached hydrogens (tertiary/aromatic N) is 1. The normalized spacial score (nSPS) is 10.7. The summed E-state index contributed by atoms with van der Waals surface area (Å²) in [4.78, 5) is 4.61. The number of aryl methyl sites for hydroxylation is 1. The number of hydrogen-bond donors (Lipinski definition) is 2. The molecule has 0 saturated carbocycles. The van der Waals surface area contributed by atoms with Gasteiger partial charge in [-0.1, -0.05) is 18.2 Å². The highest BCUT2D eigenvalue weighted by Gasteiger charge is 2.05. The molecule has 0 aliphatic rings. The zero-order valence-electron chi connectivity index (χ0n) is 11.0. The molecule has 0 spiro atoms. The Hall–Kier alpha value is -1.82. The third kappa shape index (κ3) is 2.56. The minimum Gasteiger partial charge on any atom is -0.397 e. The van der Waals surface area contributed by atoms with Crippen LogP contribution in [0.15, 0.2) is 48.5 Å². The van der Waals surface area contributed by atoms with E-state index in [2.05, 4.69) is 45.0 Å². The van der Waals surface area contributed by atoms with E-state index in [1.54, 1.807) is 0 Å². The lowest BCUT2D eigenvalue weighted by Gasteiger charge is -2.12. The van der Waals surface area contributed by atoms with E-state index in [0.717, 1.165) is 37.2 Å². The van der Waals surface area contributed by atoms with Gasteiger partial charge in [0.15, 0.2) is 0 Å². The largest absolute Gasteiger partial charge is 0.397 e. The molecule has 0 bridgehead atoms. The van der Waals surface area contributed by atoms with Crippen LogP contribution in [0, 0.1) is 10.5 Å². The quantitative estimate of drug-likeness (QED) is 0.513. The monoisotopic (exact) mass is 375 g/mol. The van der Waals surface area contributed by atoms with Crippen LogP contribution in [0.25, 0.3) is 10.9 Å². The summed E-state index contributed by atoms with van der Waals surface area (Å²) < 4.78 is 1.12. The number of pyridine rings is 1. The number of nitrogens with one attached hydrogen (secondary N) is 1. The van der Waals surface area contributed by atoms with Gasteiger partial charge in [0.2, 0.25) is 0 Å². The second kappa shape index (κ2) is 5.28. The van der Waals surface area contributed by atoms with Gasteiger partial charge in [0.25, 0.3) is 0 Å². The Kier molecular flexibility index (Phi) is 3.48. The van der Waals surface area contributed by atoms with E-state index in [1.807, 2.05) is 43.3 Å². The van der Waals surface area contributed by atoms with Crippen molar-refractivity contribution in [2.75, 3.05) is 11.1 Å². The van der Waals surface area contributed by atoms with Crippen molar-refractivity contribution in [3.05, 3.63) is 57.8 Å². The van der Waals surface area contributed by atoms with Gasteiger partial charge < -0.3 is 11.1 Å². The molecule has 0 saturated heterocycles. The number of nitrogens with two attached hydrogens (primary N) is 1. The van der Waals surface area contributed by atoms with Crippen molar-refractivity contribution >= 4 is 50.6 Å².